The lowest BCUT2D eigenvalue weighted by Crippen LogP contribution is -2.15. The molecule has 0 bridgehead atoms. The Labute approximate surface area is 79.0 Å². The van der Waals surface area contributed by atoms with Crippen LogP contribution < -0.4 is 0 Å². The van der Waals surface area contributed by atoms with Crippen molar-refractivity contribution in [3.63, 3.8) is 0 Å². The maximum Gasteiger partial charge on any atom is 0.0862 e. The van der Waals surface area contributed by atoms with Gasteiger partial charge in [0.05, 0.1) is 12.7 Å². The van der Waals surface area contributed by atoms with Gasteiger partial charge in [0.1, 0.15) is 0 Å². The minimum Gasteiger partial charge on any atom is -0.373 e. The van der Waals surface area contributed by atoms with Gasteiger partial charge in [0.25, 0.3) is 0 Å². The van der Waals surface area contributed by atoms with E-state index in [1.807, 2.05) is 6.08 Å². The average molecular weight is 174 g/mol. The van der Waals surface area contributed by atoms with Crippen LogP contribution in [0.2, 0.25) is 0 Å². The maximum atomic E-state index is 5.67. The van der Waals surface area contributed by atoms with Gasteiger partial charge < -0.3 is 4.74 Å². The summed E-state index contributed by atoms with van der Waals surface area (Å²) in [5, 5.41) is 0. The number of ether oxygens (including phenoxy) is 1. The van der Waals surface area contributed by atoms with Crippen LogP contribution in [0.3, 0.4) is 0 Å². The van der Waals surface area contributed by atoms with Gasteiger partial charge in [-0.25, -0.2) is 0 Å². The summed E-state index contributed by atoms with van der Waals surface area (Å²) in [5.74, 6) is 0. The Hall–Kier alpha value is -1.08. The summed E-state index contributed by atoms with van der Waals surface area (Å²) in [7, 11) is 0. The molecule has 0 aliphatic carbocycles. The van der Waals surface area contributed by atoms with Crippen molar-refractivity contribution in [2.75, 3.05) is 6.61 Å². The number of rotatable bonds is 2. The standard InChI is InChI=1S/C12H14O/c1-2-5-12-11-7-4-3-6-10(11)8-9-13-12/h2-4,6-7,12H,1,5,8-9H2. The average Bonchev–Trinajstić information content (AvgIpc) is 2.19. The van der Waals surface area contributed by atoms with E-state index in [-0.39, 0.29) is 6.10 Å². The quantitative estimate of drug-likeness (QED) is 0.626. The van der Waals surface area contributed by atoms with E-state index in [0.717, 1.165) is 19.4 Å². The number of fused-ring (bicyclic) bond motifs is 1. The Balaban J connectivity index is 2.31. The minimum absolute atomic E-state index is 0.238. The lowest BCUT2D eigenvalue weighted by Gasteiger charge is -2.24. The van der Waals surface area contributed by atoms with Gasteiger partial charge in [0.2, 0.25) is 0 Å². The summed E-state index contributed by atoms with van der Waals surface area (Å²) in [6.07, 6.45) is 4.12. The molecule has 0 saturated heterocycles. The molecule has 1 aliphatic heterocycles. The third-order valence-corrected chi connectivity index (χ3v) is 2.47. The van der Waals surface area contributed by atoms with Gasteiger partial charge in [-0.15, -0.1) is 6.58 Å². The molecule has 1 nitrogen and oxygen atoms in total. The first-order valence-electron chi connectivity index (χ1n) is 4.72. The SMILES string of the molecule is C=CCC1OCCc2ccccc21. The highest BCUT2D eigenvalue weighted by Crippen LogP contribution is 2.29. The van der Waals surface area contributed by atoms with Crippen LogP contribution in [0.4, 0.5) is 0 Å². The Morgan fingerprint density at radius 2 is 2.31 bits per heavy atom. The van der Waals surface area contributed by atoms with E-state index in [1.54, 1.807) is 0 Å². The molecule has 1 atom stereocenters. The van der Waals surface area contributed by atoms with Crippen molar-refractivity contribution in [1.82, 2.24) is 0 Å². The van der Waals surface area contributed by atoms with Crippen LogP contribution in [0.15, 0.2) is 36.9 Å². The fraction of sp³-hybridized carbons (Fsp3) is 0.333. The van der Waals surface area contributed by atoms with Crippen LogP contribution in [-0.4, -0.2) is 6.61 Å². The molecule has 1 heteroatoms. The minimum atomic E-state index is 0.238. The summed E-state index contributed by atoms with van der Waals surface area (Å²) in [6.45, 7) is 4.59. The van der Waals surface area contributed by atoms with Crippen LogP contribution in [0.25, 0.3) is 0 Å². The molecule has 0 fully saturated rings. The van der Waals surface area contributed by atoms with Gasteiger partial charge in [-0.3, -0.25) is 0 Å². The van der Waals surface area contributed by atoms with Gasteiger partial charge in [0.15, 0.2) is 0 Å². The predicted octanol–water partition coefficient (Wildman–Crippen LogP) is 2.88. The van der Waals surface area contributed by atoms with Crippen molar-refractivity contribution in [2.45, 2.75) is 18.9 Å². The molecule has 1 aliphatic rings. The molecule has 13 heavy (non-hydrogen) atoms. The first kappa shape index (κ1) is 8.52. The zero-order valence-electron chi connectivity index (χ0n) is 7.70. The third-order valence-electron chi connectivity index (χ3n) is 2.47. The van der Waals surface area contributed by atoms with Gasteiger partial charge in [-0.05, 0) is 24.0 Å². The van der Waals surface area contributed by atoms with Gasteiger partial charge in [0, 0.05) is 0 Å². The normalized spacial score (nSPS) is 20.8. The van der Waals surface area contributed by atoms with Crippen LogP contribution in [0.5, 0.6) is 0 Å². The highest BCUT2D eigenvalue weighted by molar-refractivity contribution is 5.31. The molecule has 0 spiro atoms. The Bertz CT molecular complexity index is 304. The van der Waals surface area contributed by atoms with E-state index in [9.17, 15) is 0 Å². The zero-order chi connectivity index (χ0) is 9.10. The van der Waals surface area contributed by atoms with Gasteiger partial charge in [-0.2, -0.15) is 0 Å². The smallest absolute Gasteiger partial charge is 0.0862 e. The molecule has 1 unspecified atom stereocenters. The van der Waals surface area contributed by atoms with E-state index in [1.165, 1.54) is 11.1 Å². The monoisotopic (exact) mass is 174 g/mol. The molecule has 0 radical (unpaired) electrons. The summed E-state index contributed by atoms with van der Waals surface area (Å²) in [6, 6.07) is 8.51. The molecule has 1 aromatic carbocycles. The highest BCUT2D eigenvalue weighted by atomic mass is 16.5. The molecule has 1 heterocycles. The summed E-state index contributed by atoms with van der Waals surface area (Å²) in [5.41, 5.74) is 2.77. The Morgan fingerprint density at radius 3 is 3.15 bits per heavy atom. The van der Waals surface area contributed by atoms with Crippen molar-refractivity contribution >= 4 is 0 Å². The summed E-state index contributed by atoms with van der Waals surface area (Å²) in [4.78, 5) is 0. The number of benzene rings is 1. The largest absolute Gasteiger partial charge is 0.373 e. The molecule has 0 amide bonds. The fourth-order valence-electron chi connectivity index (χ4n) is 1.82. The number of hydrogen-bond acceptors (Lipinski definition) is 1. The van der Waals surface area contributed by atoms with Crippen LogP contribution in [0.1, 0.15) is 23.7 Å². The Morgan fingerprint density at radius 1 is 1.46 bits per heavy atom. The van der Waals surface area contributed by atoms with Crippen molar-refractivity contribution < 1.29 is 4.74 Å². The lowest BCUT2D eigenvalue weighted by atomic mass is 9.96. The summed E-state index contributed by atoms with van der Waals surface area (Å²) < 4.78 is 5.67. The first-order chi connectivity index (χ1) is 6.42. The fourth-order valence-corrected chi connectivity index (χ4v) is 1.82. The van der Waals surface area contributed by atoms with E-state index >= 15 is 0 Å². The molecule has 0 aromatic heterocycles. The highest BCUT2D eigenvalue weighted by Gasteiger charge is 2.18. The second-order valence-electron chi connectivity index (χ2n) is 3.33. The van der Waals surface area contributed by atoms with Crippen molar-refractivity contribution in [2.24, 2.45) is 0 Å². The van der Waals surface area contributed by atoms with E-state index < -0.39 is 0 Å². The Kier molecular flexibility index (Phi) is 2.46. The van der Waals surface area contributed by atoms with Crippen LogP contribution >= 0.6 is 0 Å². The van der Waals surface area contributed by atoms with Gasteiger partial charge >= 0.3 is 0 Å². The van der Waals surface area contributed by atoms with Crippen molar-refractivity contribution in [1.29, 1.82) is 0 Å². The molecule has 0 saturated carbocycles. The van der Waals surface area contributed by atoms with E-state index in [4.69, 9.17) is 4.74 Å². The van der Waals surface area contributed by atoms with Crippen LogP contribution in [-0.2, 0) is 11.2 Å². The molecule has 1 aromatic rings. The predicted molar refractivity (Wildman–Crippen MR) is 53.7 cm³/mol. The van der Waals surface area contributed by atoms with Crippen molar-refractivity contribution in [3.8, 4) is 0 Å². The lowest BCUT2D eigenvalue weighted by molar-refractivity contribution is 0.0446. The topological polar surface area (TPSA) is 9.23 Å². The van der Waals surface area contributed by atoms with E-state index in [0.29, 0.717) is 0 Å². The zero-order valence-corrected chi connectivity index (χ0v) is 7.70. The second-order valence-corrected chi connectivity index (χ2v) is 3.33. The molecule has 0 N–H and O–H groups in total. The second kappa shape index (κ2) is 3.75. The number of hydrogen-bond donors (Lipinski definition) is 0. The molecule has 2 rings (SSSR count). The maximum absolute atomic E-state index is 5.67. The first-order valence-corrected chi connectivity index (χ1v) is 4.72. The van der Waals surface area contributed by atoms with Gasteiger partial charge in [-0.1, -0.05) is 30.3 Å². The third kappa shape index (κ3) is 1.65. The summed E-state index contributed by atoms with van der Waals surface area (Å²) >= 11 is 0. The van der Waals surface area contributed by atoms with Crippen LogP contribution in [0, 0.1) is 0 Å². The van der Waals surface area contributed by atoms with E-state index in [2.05, 4.69) is 30.8 Å². The molecular formula is C12H14O. The molecule has 68 valence electrons. The molecular weight excluding hydrogens is 160 g/mol. The van der Waals surface area contributed by atoms with Crippen molar-refractivity contribution in [3.05, 3.63) is 48.0 Å².